The van der Waals surface area contributed by atoms with Crippen molar-refractivity contribution < 1.29 is 14.3 Å². The number of hydrogen-bond acceptors (Lipinski definition) is 5. The zero-order chi connectivity index (χ0) is 17.3. The Morgan fingerprint density at radius 3 is 2.96 bits per heavy atom. The number of hydrogen-bond donors (Lipinski definition) is 2. The van der Waals surface area contributed by atoms with Gasteiger partial charge in [0.15, 0.2) is 0 Å². The van der Waals surface area contributed by atoms with E-state index < -0.39 is 0 Å². The van der Waals surface area contributed by atoms with Crippen LogP contribution in [0.2, 0.25) is 0 Å². The van der Waals surface area contributed by atoms with E-state index in [-0.39, 0.29) is 18.1 Å². The lowest BCUT2D eigenvalue weighted by atomic mass is 10.1. The molecule has 0 spiro atoms. The van der Waals surface area contributed by atoms with Gasteiger partial charge >= 0.3 is 0 Å². The summed E-state index contributed by atoms with van der Waals surface area (Å²) >= 11 is 0. The number of aromatic amines is 1. The van der Waals surface area contributed by atoms with Gasteiger partial charge in [-0.3, -0.25) is 14.6 Å². The van der Waals surface area contributed by atoms with E-state index in [1.165, 1.54) is 0 Å². The summed E-state index contributed by atoms with van der Waals surface area (Å²) in [6, 6.07) is 1.59. The number of H-pyrrole nitrogens is 1. The average Bonchev–Trinajstić information content (AvgIpc) is 3.13. The Labute approximate surface area is 140 Å². The molecular formula is C16H23N5O3. The molecule has 0 unspecified atom stereocenters. The second-order valence-corrected chi connectivity index (χ2v) is 6.05. The lowest BCUT2D eigenvalue weighted by Gasteiger charge is -2.30. The molecular weight excluding hydrogens is 310 g/mol. The summed E-state index contributed by atoms with van der Waals surface area (Å²) in [4.78, 5) is 12.5. The Morgan fingerprint density at radius 1 is 1.50 bits per heavy atom. The van der Waals surface area contributed by atoms with Crippen molar-refractivity contribution in [1.29, 1.82) is 0 Å². The molecule has 130 valence electrons. The van der Waals surface area contributed by atoms with Crippen LogP contribution < -0.4 is 5.32 Å². The third kappa shape index (κ3) is 3.07. The Morgan fingerprint density at radius 2 is 2.29 bits per heavy atom. The Hall–Kier alpha value is -2.19. The molecule has 1 aliphatic rings. The average molecular weight is 333 g/mol. The molecule has 1 aliphatic heterocycles. The number of ether oxygens (including phenoxy) is 2. The number of aromatic nitrogens is 4. The molecule has 0 radical (unpaired) electrons. The summed E-state index contributed by atoms with van der Waals surface area (Å²) in [7, 11) is 3.54. The van der Waals surface area contributed by atoms with Gasteiger partial charge in [-0.2, -0.15) is 10.2 Å². The highest BCUT2D eigenvalue weighted by atomic mass is 16.5. The number of aryl methyl sites for hydroxylation is 2. The third-order valence-electron chi connectivity index (χ3n) is 4.50. The van der Waals surface area contributed by atoms with Gasteiger partial charge in [0.1, 0.15) is 5.69 Å². The third-order valence-corrected chi connectivity index (χ3v) is 4.50. The van der Waals surface area contributed by atoms with Crippen LogP contribution in [0.1, 0.15) is 28.3 Å². The summed E-state index contributed by atoms with van der Waals surface area (Å²) in [6.45, 7) is 5.01. The maximum absolute atomic E-state index is 12.5. The first kappa shape index (κ1) is 16.7. The van der Waals surface area contributed by atoms with E-state index in [1.54, 1.807) is 13.2 Å². The Balaban J connectivity index is 1.76. The minimum absolute atomic E-state index is 0.0343. The van der Waals surface area contributed by atoms with E-state index >= 15 is 0 Å². The highest BCUT2D eigenvalue weighted by Gasteiger charge is 2.28. The van der Waals surface area contributed by atoms with Gasteiger partial charge in [-0.05, 0) is 26.3 Å². The number of methoxy groups -OCH3 is 1. The minimum Gasteiger partial charge on any atom is -0.379 e. The Bertz CT molecular complexity index is 736. The summed E-state index contributed by atoms with van der Waals surface area (Å²) in [5.41, 5.74) is 3.96. The SMILES string of the molecule is CO[C@@H]1CCOC[C@H]1NC(=O)c1cc(-c2c(C)nn(C)c2C)n[nH]1. The van der Waals surface area contributed by atoms with Crippen LogP contribution in [0.25, 0.3) is 11.3 Å². The van der Waals surface area contributed by atoms with Crippen LogP contribution in [0.15, 0.2) is 6.07 Å². The first-order valence-electron chi connectivity index (χ1n) is 7.98. The molecule has 2 N–H and O–H groups in total. The molecule has 3 heterocycles. The molecule has 0 saturated carbocycles. The van der Waals surface area contributed by atoms with E-state index in [0.29, 0.717) is 24.6 Å². The number of nitrogens with zero attached hydrogens (tertiary/aromatic N) is 3. The van der Waals surface area contributed by atoms with E-state index in [0.717, 1.165) is 23.4 Å². The van der Waals surface area contributed by atoms with E-state index in [4.69, 9.17) is 9.47 Å². The largest absolute Gasteiger partial charge is 0.379 e. The maximum Gasteiger partial charge on any atom is 0.269 e. The van der Waals surface area contributed by atoms with Crippen LogP contribution in [0.5, 0.6) is 0 Å². The fourth-order valence-electron chi connectivity index (χ4n) is 3.09. The monoisotopic (exact) mass is 333 g/mol. The van der Waals surface area contributed by atoms with Crippen molar-refractivity contribution in [1.82, 2.24) is 25.3 Å². The van der Waals surface area contributed by atoms with Gasteiger partial charge in [-0.25, -0.2) is 0 Å². The van der Waals surface area contributed by atoms with Crippen molar-refractivity contribution >= 4 is 5.91 Å². The molecule has 8 heteroatoms. The standard InChI is InChI=1S/C16H23N5O3/c1-9-15(10(2)21(3)20-9)11-7-12(19-18-11)16(22)17-13-8-24-6-5-14(13)23-4/h7,13-14H,5-6,8H2,1-4H3,(H,17,22)(H,18,19)/t13-,14-/m1/s1. The van der Waals surface area contributed by atoms with Gasteiger partial charge < -0.3 is 14.8 Å². The van der Waals surface area contributed by atoms with Crippen molar-refractivity contribution in [2.75, 3.05) is 20.3 Å². The van der Waals surface area contributed by atoms with Gasteiger partial charge in [-0.15, -0.1) is 0 Å². The van der Waals surface area contributed by atoms with Crippen LogP contribution in [-0.2, 0) is 16.5 Å². The van der Waals surface area contributed by atoms with Gasteiger partial charge in [0.25, 0.3) is 5.91 Å². The minimum atomic E-state index is -0.217. The molecule has 1 fully saturated rings. The molecule has 24 heavy (non-hydrogen) atoms. The van der Waals surface area contributed by atoms with Crippen molar-refractivity contribution in [3.05, 3.63) is 23.1 Å². The molecule has 2 aromatic rings. The topological polar surface area (TPSA) is 94.1 Å². The molecule has 2 atom stereocenters. The van der Waals surface area contributed by atoms with Gasteiger partial charge in [0, 0.05) is 32.0 Å². The summed E-state index contributed by atoms with van der Waals surface area (Å²) < 4.78 is 12.7. The van der Waals surface area contributed by atoms with Crippen molar-refractivity contribution in [2.24, 2.45) is 7.05 Å². The fourth-order valence-corrected chi connectivity index (χ4v) is 3.09. The van der Waals surface area contributed by atoms with E-state index in [9.17, 15) is 4.79 Å². The second kappa shape index (κ2) is 6.74. The lowest BCUT2D eigenvalue weighted by Crippen LogP contribution is -2.50. The molecule has 3 rings (SSSR count). The highest BCUT2D eigenvalue weighted by Crippen LogP contribution is 2.25. The first-order chi connectivity index (χ1) is 11.5. The fraction of sp³-hybridized carbons (Fsp3) is 0.562. The van der Waals surface area contributed by atoms with Crippen LogP contribution in [-0.4, -0.2) is 58.4 Å². The highest BCUT2D eigenvalue weighted by molar-refractivity contribution is 5.93. The number of carbonyl (C=O) groups excluding carboxylic acids is 1. The number of amides is 1. The summed E-state index contributed by atoms with van der Waals surface area (Å²) in [5.74, 6) is -0.217. The molecule has 0 aliphatic carbocycles. The van der Waals surface area contributed by atoms with Gasteiger partial charge in [0.2, 0.25) is 0 Å². The van der Waals surface area contributed by atoms with Crippen LogP contribution >= 0.6 is 0 Å². The second-order valence-electron chi connectivity index (χ2n) is 6.05. The van der Waals surface area contributed by atoms with Crippen LogP contribution in [0, 0.1) is 13.8 Å². The lowest BCUT2D eigenvalue weighted by molar-refractivity contribution is -0.0349. The smallest absolute Gasteiger partial charge is 0.269 e. The quantitative estimate of drug-likeness (QED) is 0.869. The van der Waals surface area contributed by atoms with Gasteiger partial charge in [0.05, 0.1) is 30.1 Å². The maximum atomic E-state index is 12.5. The number of carbonyl (C=O) groups is 1. The van der Waals surface area contributed by atoms with Crippen LogP contribution in [0.4, 0.5) is 0 Å². The summed E-state index contributed by atoms with van der Waals surface area (Å²) in [6.07, 6.45) is 0.733. The van der Waals surface area contributed by atoms with Crippen molar-refractivity contribution in [3.8, 4) is 11.3 Å². The van der Waals surface area contributed by atoms with Crippen molar-refractivity contribution in [3.63, 3.8) is 0 Å². The molecule has 0 bridgehead atoms. The van der Waals surface area contributed by atoms with Crippen LogP contribution in [0.3, 0.4) is 0 Å². The normalized spacial score (nSPS) is 21.0. The predicted octanol–water partition coefficient (Wildman–Crippen LogP) is 0.961. The molecule has 0 aromatic carbocycles. The number of nitrogens with one attached hydrogen (secondary N) is 2. The molecule has 8 nitrogen and oxygen atoms in total. The first-order valence-corrected chi connectivity index (χ1v) is 7.98. The van der Waals surface area contributed by atoms with E-state index in [1.807, 2.05) is 25.6 Å². The molecule has 1 amide bonds. The van der Waals surface area contributed by atoms with E-state index in [2.05, 4.69) is 20.6 Å². The molecule has 2 aromatic heterocycles. The summed E-state index contributed by atoms with van der Waals surface area (Å²) in [5, 5.41) is 14.4. The Kier molecular flexibility index (Phi) is 4.68. The number of rotatable bonds is 4. The van der Waals surface area contributed by atoms with Gasteiger partial charge in [-0.1, -0.05) is 0 Å². The van der Waals surface area contributed by atoms with Crippen molar-refractivity contribution in [2.45, 2.75) is 32.4 Å². The molecule has 1 saturated heterocycles. The zero-order valence-corrected chi connectivity index (χ0v) is 14.4. The predicted molar refractivity (Wildman–Crippen MR) is 87.8 cm³/mol. The zero-order valence-electron chi connectivity index (χ0n) is 14.4.